The minimum absolute atomic E-state index is 0. The van der Waals surface area contributed by atoms with Crippen LogP contribution >= 0.6 is 35.3 Å². The number of fused-ring (bicyclic) bond motifs is 1. The number of hydrogen-bond acceptors (Lipinski definition) is 5. The summed E-state index contributed by atoms with van der Waals surface area (Å²) in [4.78, 5) is 24.4. The Morgan fingerprint density at radius 1 is 1.31 bits per heavy atom. The molecule has 2 aromatic rings. The van der Waals surface area contributed by atoms with Crippen molar-refractivity contribution in [1.82, 2.24) is 15.6 Å². The second-order valence-corrected chi connectivity index (χ2v) is 7.81. The third-order valence-corrected chi connectivity index (χ3v) is 5.51. The zero-order valence-electron chi connectivity index (χ0n) is 17.0. The van der Waals surface area contributed by atoms with Crippen molar-refractivity contribution < 1.29 is 9.53 Å². The molecule has 7 nitrogen and oxygen atoms in total. The summed E-state index contributed by atoms with van der Waals surface area (Å²) in [6.07, 6.45) is 0.806. The number of nitrogens with one attached hydrogen (secondary N) is 2. The number of rotatable bonds is 7. The first kappa shape index (κ1) is 23.4. The van der Waals surface area contributed by atoms with Gasteiger partial charge in [0.15, 0.2) is 12.6 Å². The van der Waals surface area contributed by atoms with Crippen LogP contribution in [0.4, 0.5) is 5.69 Å². The Labute approximate surface area is 193 Å². The van der Waals surface area contributed by atoms with Gasteiger partial charge in [0.05, 0.1) is 17.9 Å². The molecule has 0 unspecified atom stereocenters. The fraction of sp³-hybridized carbons (Fsp3) is 0.450. The van der Waals surface area contributed by atoms with Crippen LogP contribution in [0.1, 0.15) is 28.9 Å². The van der Waals surface area contributed by atoms with Gasteiger partial charge in [0, 0.05) is 24.5 Å². The number of guanidine groups is 1. The van der Waals surface area contributed by atoms with Crippen molar-refractivity contribution in [1.29, 1.82) is 0 Å². The Balaban J connectivity index is 0.00000300. The van der Waals surface area contributed by atoms with E-state index in [1.54, 1.807) is 16.2 Å². The molecule has 1 aromatic heterocycles. The van der Waals surface area contributed by atoms with E-state index in [9.17, 15) is 4.79 Å². The van der Waals surface area contributed by atoms with E-state index < -0.39 is 0 Å². The van der Waals surface area contributed by atoms with Crippen molar-refractivity contribution in [3.63, 3.8) is 0 Å². The minimum atomic E-state index is -0.00576. The molecule has 0 spiro atoms. The van der Waals surface area contributed by atoms with Gasteiger partial charge in [-0.3, -0.25) is 4.79 Å². The van der Waals surface area contributed by atoms with E-state index in [0.717, 1.165) is 41.1 Å². The summed E-state index contributed by atoms with van der Waals surface area (Å²) in [5.74, 6) is 1.52. The van der Waals surface area contributed by atoms with Gasteiger partial charge in [0.25, 0.3) is 5.91 Å². The molecule has 9 heteroatoms. The van der Waals surface area contributed by atoms with Crippen LogP contribution in [0.15, 0.2) is 29.3 Å². The highest BCUT2D eigenvalue weighted by Gasteiger charge is 2.24. The molecule has 3 rings (SSSR count). The molecule has 2 N–H and O–H groups in total. The summed E-state index contributed by atoms with van der Waals surface area (Å²) in [5, 5.41) is 7.61. The molecular weight excluding hydrogens is 501 g/mol. The maximum absolute atomic E-state index is 12.2. The number of anilines is 1. The van der Waals surface area contributed by atoms with Gasteiger partial charge in [0.1, 0.15) is 10.8 Å². The fourth-order valence-corrected chi connectivity index (χ4v) is 3.80. The van der Waals surface area contributed by atoms with Gasteiger partial charge < -0.3 is 20.3 Å². The standard InChI is InChI=1S/C20H27N5O2S.HI/c1-4-21-20(23-12-18-24-14(2)15(3)28-18)22-10-7-11-25-16-8-5-6-9-17(16)27-13-19(25)26;/h5-6,8-9H,4,7,10-13H2,1-3H3,(H2,21,22,23);1H. The number of aliphatic imine (C=N–C) groups is 1. The Bertz CT molecular complexity index is 836. The van der Waals surface area contributed by atoms with E-state index in [-0.39, 0.29) is 36.5 Å². The summed E-state index contributed by atoms with van der Waals surface area (Å²) in [5.41, 5.74) is 1.91. The minimum Gasteiger partial charge on any atom is -0.482 e. The molecule has 1 amide bonds. The Hall–Kier alpha value is -1.88. The molecular formula is C20H28IN5O2S. The van der Waals surface area contributed by atoms with Crippen molar-refractivity contribution in [2.24, 2.45) is 4.99 Å². The van der Waals surface area contributed by atoms with E-state index in [1.165, 1.54) is 4.88 Å². The lowest BCUT2D eigenvalue weighted by Crippen LogP contribution is -2.42. The molecule has 1 aliphatic heterocycles. The summed E-state index contributed by atoms with van der Waals surface area (Å²) >= 11 is 1.69. The number of nitrogens with zero attached hydrogens (tertiary/aromatic N) is 3. The van der Waals surface area contributed by atoms with Gasteiger partial charge in [-0.1, -0.05) is 12.1 Å². The molecule has 2 heterocycles. The Kier molecular flexibility index (Phi) is 9.15. The van der Waals surface area contributed by atoms with E-state index >= 15 is 0 Å². The van der Waals surface area contributed by atoms with Crippen molar-refractivity contribution in [3.8, 4) is 5.75 Å². The van der Waals surface area contributed by atoms with Crippen LogP contribution in [0.3, 0.4) is 0 Å². The largest absolute Gasteiger partial charge is 0.482 e. The second-order valence-electron chi connectivity index (χ2n) is 6.53. The van der Waals surface area contributed by atoms with Gasteiger partial charge in [-0.2, -0.15) is 0 Å². The molecule has 0 atom stereocenters. The van der Waals surface area contributed by atoms with Crippen molar-refractivity contribution in [2.45, 2.75) is 33.7 Å². The molecule has 29 heavy (non-hydrogen) atoms. The first-order chi connectivity index (χ1) is 13.6. The normalized spacial score (nSPS) is 13.4. The van der Waals surface area contributed by atoms with Gasteiger partial charge in [0.2, 0.25) is 0 Å². The number of carbonyl (C=O) groups is 1. The third-order valence-electron chi connectivity index (χ3n) is 4.45. The number of para-hydroxylation sites is 2. The Morgan fingerprint density at radius 3 is 2.83 bits per heavy atom. The summed E-state index contributed by atoms with van der Waals surface area (Å²) in [7, 11) is 0. The number of amides is 1. The predicted molar refractivity (Wildman–Crippen MR) is 129 cm³/mol. The zero-order chi connectivity index (χ0) is 19.9. The lowest BCUT2D eigenvalue weighted by atomic mass is 10.2. The van der Waals surface area contributed by atoms with Crippen LogP contribution in [0.2, 0.25) is 0 Å². The highest BCUT2D eigenvalue weighted by molar-refractivity contribution is 14.0. The Morgan fingerprint density at radius 2 is 2.10 bits per heavy atom. The SMILES string of the molecule is CCNC(=NCc1nc(C)c(C)s1)NCCCN1C(=O)COc2ccccc21.I. The van der Waals surface area contributed by atoms with Gasteiger partial charge in [-0.15, -0.1) is 35.3 Å². The highest BCUT2D eigenvalue weighted by Crippen LogP contribution is 2.31. The lowest BCUT2D eigenvalue weighted by molar-refractivity contribution is -0.121. The number of ether oxygens (including phenoxy) is 1. The van der Waals surface area contributed by atoms with Crippen molar-refractivity contribution in [3.05, 3.63) is 39.8 Å². The van der Waals surface area contributed by atoms with Gasteiger partial charge in [-0.05, 0) is 39.3 Å². The van der Waals surface area contributed by atoms with Crippen LogP contribution in [0, 0.1) is 13.8 Å². The lowest BCUT2D eigenvalue weighted by Gasteiger charge is -2.29. The summed E-state index contributed by atoms with van der Waals surface area (Å²) < 4.78 is 5.49. The summed E-state index contributed by atoms with van der Waals surface area (Å²) in [6.45, 7) is 8.94. The molecule has 1 aliphatic rings. The number of thiazole rings is 1. The quantitative estimate of drug-likeness (QED) is 0.249. The highest BCUT2D eigenvalue weighted by atomic mass is 127. The number of hydrogen-bond donors (Lipinski definition) is 2. The van der Waals surface area contributed by atoms with E-state index in [1.807, 2.05) is 38.1 Å². The molecule has 0 bridgehead atoms. The number of aryl methyl sites for hydroxylation is 2. The average molecular weight is 529 g/mol. The molecule has 158 valence electrons. The van der Waals surface area contributed by atoms with Crippen LogP contribution in [-0.4, -0.2) is 43.1 Å². The van der Waals surface area contributed by atoms with Crippen LogP contribution < -0.4 is 20.3 Å². The second kappa shape index (κ2) is 11.3. The van der Waals surface area contributed by atoms with Crippen LogP contribution in [-0.2, 0) is 11.3 Å². The summed E-state index contributed by atoms with van der Waals surface area (Å²) in [6, 6.07) is 7.65. The van der Waals surface area contributed by atoms with E-state index in [0.29, 0.717) is 19.6 Å². The zero-order valence-corrected chi connectivity index (χ0v) is 20.2. The molecule has 0 aliphatic carbocycles. The molecule has 0 saturated heterocycles. The topological polar surface area (TPSA) is 78.9 Å². The first-order valence-electron chi connectivity index (χ1n) is 9.55. The maximum atomic E-state index is 12.2. The smallest absolute Gasteiger partial charge is 0.265 e. The number of carbonyl (C=O) groups excluding carboxylic acids is 1. The van der Waals surface area contributed by atoms with Crippen molar-refractivity contribution >= 4 is 52.9 Å². The van der Waals surface area contributed by atoms with Crippen LogP contribution in [0.5, 0.6) is 5.75 Å². The van der Waals surface area contributed by atoms with E-state index in [4.69, 9.17) is 4.74 Å². The third kappa shape index (κ3) is 6.30. The van der Waals surface area contributed by atoms with Crippen LogP contribution in [0.25, 0.3) is 0 Å². The molecule has 1 aromatic carbocycles. The number of halogens is 1. The maximum Gasteiger partial charge on any atom is 0.265 e. The first-order valence-corrected chi connectivity index (χ1v) is 10.4. The fourth-order valence-electron chi connectivity index (χ4n) is 2.94. The molecule has 0 fully saturated rings. The molecule has 0 radical (unpaired) electrons. The van der Waals surface area contributed by atoms with Gasteiger partial charge >= 0.3 is 0 Å². The van der Waals surface area contributed by atoms with Gasteiger partial charge in [-0.25, -0.2) is 9.98 Å². The van der Waals surface area contributed by atoms with E-state index in [2.05, 4.69) is 27.5 Å². The predicted octanol–water partition coefficient (Wildman–Crippen LogP) is 3.25. The monoisotopic (exact) mass is 529 g/mol. The average Bonchev–Trinajstić information content (AvgIpc) is 3.02. The van der Waals surface area contributed by atoms with Crippen molar-refractivity contribution in [2.75, 3.05) is 31.1 Å². The molecule has 0 saturated carbocycles. The number of benzene rings is 1. The number of aromatic nitrogens is 1.